The van der Waals surface area contributed by atoms with E-state index in [1.807, 2.05) is 23.0 Å². The lowest BCUT2D eigenvalue weighted by Crippen LogP contribution is -2.31. The molecule has 3 aromatic heterocycles. The number of aromatic hydroxyl groups is 1. The zero-order valence-corrected chi connectivity index (χ0v) is 22.8. The van der Waals surface area contributed by atoms with Crippen LogP contribution in [0, 0.1) is 17.6 Å². The topological polar surface area (TPSA) is 135 Å². The van der Waals surface area contributed by atoms with E-state index in [0.717, 1.165) is 65.5 Å². The number of carbonyl (C=O) groups excluding carboxylic acids is 1. The quantitative estimate of drug-likeness (QED) is 0.221. The smallest absolute Gasteiger partial charge is 0.490 e. The molecule has 1 fully saturated rings. The van der Waals surface area contributed by atoms with Gasteiger partial charge in [-0.1, -0.05) is 12.1 Å². The Kier molecular flexibility index (Phi) is 8.47. The van der Waals surface area contributed by atoms with Gasteiger partial charge in [-0.15, -0.1) is 0 Å². The first-order valence-corrected chi connectivity index (χ1v) is 13.4. The highest BCUT2D eigenvalue weighted by Gasteiger charge is 2.38. The number of benzene rings is 2. The summed E-state index contributed by atoms with van der Waals surface area (Å²) in [5.74, 6) is -6.43. The summed E-state index contributed by atoms with van der Waals surface area (Å²) >= 11 is 0. The number of hydrogen-bond acceptors (Lipinski definition) is 6. The number of fused-ring (bicyclic) bond motifs is 2. The van der Waals surface area contributed by atoms with Crippen molar-refractivity contribution in [3.63, 3.8) is 0 Å². The molecule has 230 valence electrons. The highest BCUT2D eigenvalue weighted by Crippen LogP contribution is 2.33. The number of hydrogen-bond donors (Lipinski definition) is 3. The number of carbonyl (C=O) groups is 2. The number of amides is 1. The Hall–Kier alpha value is -5.08. The molecule has 0 bridgehead atoms. The predicted octanol–water partition coefficient (Wildman–Crippen LogP) is 5.52. The maximum Gasteiger partial charge on any atom is 0.490 e. The summed E-state index contributed by atoms with van der Waals surface area (Å²) < 4.78 is 62.6. The third-order valence-electron chi connectivity index (χ3n) is 7.40. The van der Waals surface area contributed by atoms with Crippen molar-refractivity contribution in [2.24, 2.45) is 5.92 Å². The average molecular weight is 617 g/mol. The van der Waals surface area contributed by atoms with Crippen LogP contribution in [0.3, 0.4) is 0 Å². The maximum atomic E-state index is 13.5. The molecule has 1 aliphatic rings. The molecule has 3 heterocycles. The third-order valence-corrected chi connectivity index (χ3v) is 7.40. The van der Waals surface area contributed by atoms with Crippen molar-refractivity contribution in [1.82, 2.24) is 29.7 Å². The number of phenols is 1. The Morgan fingerprint density at radius 1 is 1.02 bits per heavy atom. The van der Waals surface area contributed by atoms with Crippen LogP contribution >= 0.6 is 0 Å². The van der Waals surface area contributed by atoms with Crippen molar-refractivity contribution in [2.45, 2.75) is 37.9 Å². The van der Waals surface area contributed by atoms with Crippen molar-refractivity contribution in [1.29, 1.82) is 0 Å². The molecule has 0 radical (unpaired) electrons. The van der Waals surface area contributed by atoms with E-state index < -0.39 is 35.4 Å². The number of pyridine rings is 1. The molecule has 3 N–H and O–H groups in total. The molecule has 44 heavy (non-hydrogen) atoms. The second-order valence-electron chi connectivity index (χ2n) is 10.3. The van der Waals surface area contributed by atoms with Gasteiger partial charge in [-0.3, -0.25) is 9.48 Å². The van der Waals surface area contributed by atoms with Gasteiger partial charge in [0, 0.05) is 35.5 Å². The first-order chi connectivity index (χ1) is 20.9. The average Bonchev–Trinajstić information content (AvgIpc) is 3.65. The van der Waals surface area contributed by atoms with Crippen molar-refractivity contribution in [3.05, 3.63) is 78.4 Å². The van der Waals surface area contributed by atoms with E-state index in [-0.39, 0.29) is 17.5 Å². The summed E-state index contributed by atoms with van der Waals surface area (Å²) in [7, 11) is 0. The van der Waals surface area contributed by atoms with E-state index in [4.69, 9.17) is 15.0 Å². The molecule has 0 spiro atoms. The molecule has 0 unspecified atom stereocenters. The van der Waals surface area contributed by atoms with Crippen LogP contribution in [-0.4, -0.2) is 59.2 Å². The summed E-state index contributed by atoms with van der Waals surface area (Å²) in [6.45, 7) is 0.425. The molecule has 2 aromatic carbocycles. The Bertz CT molecular complexity index is 1810. The lowest BCUT2D eigenvalue weighted by atomic mass is 9.86. The van der Waals surface area contributed by atoms with Crippen molar-refractivity contribution in [2.75, 3.05) is 6.54 Å². The number of nitrogens with one attached hydrogen (secondary N) is 1. The highest BCUT2D eigenvalue weighted by atomic mass is 19.4. The van der Waals surface area contributed by atoms with E-state index in [1.54, 1.807) is 10.8 Å². The maximum absolute atomic E-state index is 13.5. The molecule has 6 rings (SSSR count). The summed E-state index contributed by atoms with van der Waals surface area (Å²) in [5.41, 5.74) is 3.60. The fourth-order valence-corrected chi connectivity index (χ4v) is 5.11. The summed E-state index contributed by atoms with van der Waals surface area (Å²) in [5, 5.41) is 29.2. The van der Waals surface area contributed by atoms with Crippen LogP contribution in [0.5, 0.6) is 5.75 Å². The van der Waals surface area contributed by atoms with Crippen LogP contribution in [0.25, 0.3) is 27.7 Å². The van der Waals surface area contributed by atoms with Crippen LogP contribution in [0.15, 0.2) is 61.2 Å². The molecular formula is C29H25F5N6O4. The molecule has 15 heteroatoms. The Labute approximate surface area is 245 Å². The zero-order chi connectivity index (χ0) is 31.6. The number of nitrogens with zero attached hydrogens (tertiary/aromatic N) is 5. The van der Waals surface area contributed by atoms with Crippen LogP contribution in [0.2, 0.25) is 0 Å². The fourth-order valence-electron chi connectivity index (χ4n) is 5.11. The third kappa shape index (κ3) is 6.61. The van der Waals surface area contributed by atoms with E-state index >= 15 is 0 Å². The lowest BCUT2D eigenvalue weighted by molar-refractivity contribution is -0.192. The SMILES string of the molecule is O=C(NCC1CCC(n2cc3ccc(-c4cccn5ncnc45)cc3n2)CC1)c1cc(F)c(O)c(F)c1.O=C(O)C(F)(F)F. The van der Waals surface area contributed by atoms with Gasteiger partial charge >= 0.3 is 12.1 Å². The molecular weight excluding hydrogens is 591 g/mol. The Morgan fingerprint density at radius 2 is 1.70 bits per heavy atom. The zero-order valence-electron chi connectivity index (χ0n) is 22.8. The molecule has 5 aromatic rings. The molecule has 1 saturated carbocycles. The number of rotatable bonds is 5. The van der Waals surface area contributed by atoms with E-state index in [1.165, 1.54) is 0 Å². The van der Waals surface area contributed by atoms with Gasteiger partial charge in [0.1, 0.15) is 6.33 Å². The number of carboxylic acids is 1. The van der Waals surface area contributed by atoms with Crippen LogP contribution in [-0.2, 0) is 4.79 Å². The van der Waals surface area contributed by atoms with Crippen molar-refractivity contribution in [3.8, 4) is 16.9 Å². The van der Waals surface area contributed by atoms with E-state index in [2.05, 4.69) is 39.8 Å². The van der Waals surface area contributed by atoms with Gasteiger partial charge in [0.2, 0.25) is 0 Å². The number of alkyl halides is 3. The molecule has 1 amide bonds. The van der Waals surface area contributed by atoms with Gasteiger partial charge in [-0.05, 0) is 67.5 Å². The van der Waals surface area contributed by atoms with E-state index in [9.17, 15) is 31.9 Å². The van der Waals surface area contributed by atoms with Gasteiger partial charge < -0.3 is 15.5 Å². The van der Waals surface area contributed by atoms with Crippen molar-refractivity contribution < 1.29 is 41.8 Å². The normalized spacial score (nSPS) is 16.8. The van der Waals surface area contributed by atoms with Gasteiger partial charge in [0.05, 0.1) is 11.6 Å². The largest absolute Gasteiger partial charge is 0.503 e. The van der Waals surface area contributed by atoms with Crippen molar-refractivity contribution >= 4 is 28.4 Å². The second-order valence-corrected chi connectivity index (χ2v) is 10.3. The Morgan fingerprint density at radius 3 is 2.36 bits per heavy atom. The summed E-state index contributed by atoms with van der Waals surface area (Å²) in [6, 6.07) is 12.1. The molecule has 10 nitrogen and oxygen atoms in total. The highest BCUT2D eigenvalue weighted by molar-refractivity contribution is 5.94. The summed E-state index contributed by atoms with van der Waals surface area (Å²) in [4.78, 5) is 25.6. The summed E-state index contributed by atoms with van der Waals surface area (Å²) in [6.07, 6.45) is 4.05. The van der Waals surface area contributed by atoms with Crippen LogP contribution in [0.4, 0.5) is 22.0 Å². The van der Waals surface area contributed by atoms with Gasteiger partial charge in [0.15, 0.2) is 23.0 Å². The lowest BCUT2D eigenvalue weighted by Gasteiger charge is -2.28. The van der Waals surface area contributed by atoms with Gasteiger partial charge in [-0.2, -0.15) is 23.4 Å². The molecule has 0 atom stereocenters. The first kappa shape index (κ1) is 30.4. The molecule has 1 aliphatic carbocycles. The van der Waals surface area contributed by atoms with Gasteiger partial charge in [-0.25, -0.2) is 23.1 Å². The number of halogens is 5. The number of aliphatic carboxylic acids is 1. The second kappa shape index (κ2) is 12.3. The molecule has 0 saturated heterocycles. The Balaban J connectivity index is 0.000000493. The molecule has 0 aliphatic heterocycles. The minimum absolute atomic E-state index is 0.149. The van der Waals surface area contributed by atoms with Crippen LogP contribution < -0.4 is 5.32 Å². The minimum Gasteiger partial charge on any atom is -0.503 e. The number of carboxylic acid groups (broad SMARTS) is 1. The van der Waals surface area contributed by atoms with Crippen LogP contribution in [0.1, 0.15) is 42.1 Å². The standard InChI is InChI=1S/C27H24F2N6O2.C2HF3O2/c28-22-10-19(11-23(29)25(22)36)27(37)30-13-16-3-7-20(8-4-16)35-14-18-6-5-17(12-24(18)33-35)21-2-1-9-34-26(21)31-15-32-34;3-2(4,5)1(6)7/h1-2,5-6,9-12,14-16,20,36H,3-4,7-8,13H2,(H,30,37);(H,6,7). The number of phenolic OH excluding ortho intramolecular Hbond substituents is 1. The monoisotopic (exact) mass is 616 g/mol. The minimum atomic E-state index is -5.08. The first-order valence-electron chi connectivity index (χ1n) is 13.4. The number of aromatic nitrogens is 5. The fraction of sp³-hybridized carbons (Fsp3) is 0.276. The van der Waals surface area contributed by atoms with E-state index in [0.29, 0.717) is 6.54 Å². The van der Waals surface area contributed by atoms with Gasteiger partial charge in [0.25, 0.3) is 5.91 Å². The predicted molar refractivity (Wildman–Crippen MR) is 147 cm³/mol.